The number of aromatic nitrogens is 1. The first-order chi connectivity index (χ1) is 12.6. The van der Waals surface area contributed by atoms with Gasteiger partial charge in [0.05, 0.1) is 18.2 Å². The summed E-state index contributed by atoms with van der Waals surface area (Å²) < 4.78 is 26.8. The van der Waals surface area contributed by atoms with Crippen LogP contribution in [0.25, 0.3) is 0 Å². The first-order valence-corrected chi connectivity index (χ1v) is 10.7. The lowest BCUT2D eigenvalue weighted by Crippen LogP contribution is -2.53. The van der Waals surface area contributed by atoms with E-state index in [9.17, 15) is 18.3 Å². The van der Waals surface area contributed by atoms with Crippen LogP contribution in [-0.4, -0.2) is 60.0 Å². The van der Waals surface area contributed by atoms with E-state index in [-0.39, 0.29) is 35.9 Å². The number of carbonyl (C=O) groups is 1. The van der Waals surface area contributed by atoms with Crippen molar-refractivity contribution in [2.24, 2.45) is 17.6 Å². The SMILES string of the molecule is CC(C)C[C@H](N)C(=O)NC1C(C)CCN(S(=O)(=O)c2ccccn2)CC1O. The summed E-state index contributed by atoms with van der Waals surface area (Å²) in [4.78, 5) is 16.3. The van der Waals surface area contributed by atoms with Crippen molar-refractivity contribution in [3.05, 3.63) is 24.4 Å². The summed E-state index contributed by atoms with van der Waals surface area (Å²) in [5.41, 5.74) is 5.93. The van der Waals surface area contributed by atoms with E-state index in [4.69, 9.17) is 5.73 Å². The van der Waals surface area contributed by atoms with E-state index in [0.717, 1.165) is 0 Å². The minimum atomic E-state index is -3.80. The Labute approximate surface area is 161 Å². The zero-order chi connectivity index (χ0) is 20.2. The molecule has 0 radical (unpaired) electrons. The molecule has 1 aliphatic heterocycles. The van der Waals surface area contributed by atoms with Crippen LogP contribution in [0.1, 0.15) is 33.6 Å². The molecule has 2 rings (SSSR count). The number of pyridine rings is 1. The third-order valence-corrected chi connectivity index (χ3v) is 6.65. The number of amides is 1. The number of rotatable bonds is 6. The number of hydrogen-bond donors (Lipinski definition) is 3. The van der Waals surface area contributed by atoms with Gasteiger partial charge in [-0.25, -0.2) is 13.4 Å². The fraction of sp³-hybridized carbons (Fsp3) is 0.667. The fourth-order valence-corrected chi connectivity index (χ4v) is 4.70. The molecule has 0 aliphatic carbocycles. The van der Waals surface area contributed by atoms with Gasteiger partial charge < -0.3 is 16.2 Å². The van der Waals surface area contributed by atoms with Gasteiger partial charge in [-0.3, -0.25) is 4.79 Å². The smallest absolute Gasteiger partial charge is 0.260 e. The maximum Gasteiger partial charge on any atom is 0.260 e. The summed E-state index contributed by atoms with van der Waals surface area (Å²) in [6.07, 6.45) is 1.44. The van der Waals surface area contributed by atoms with Gasteiger partial charge in [-0.15, -0.1) is 0 Å². The van der Waals surface area contributed by atoms with Gasteiger partial charge in [-0.05, 0) is 36.8 Å². The molecule has 0 bridgehead atoms. The van der Waals surface area contributed by atoms with E-state index in [1.807, 2.05) is 20.8 Å². The van der Waals surface area contributed by atoms with Gasteiger partial charge >= 0.3 is 0 Å². The molecule has 1 aliphatic rings. The Morgan fingerprint density at radius 3 is 2.74 bits per heavy atom. The van der Waals surface area contributed by atoms with Gasteiger partial charge in [0.2, 0.25) is 5.91 Å². The maximum absolute atomic E-state index is 12.8. The number of aliphatic hydroxyl groups is 1. The van der Waals surface area contributed by atoms with Crippen LogP contribution in [0, 0.1) is 11.8 Å². The van der Waals surface area contributed by atoms with Crippen molar-refractivity contribution >= 4 is 15.9 Å². The molecule has 1 aromatic heterocycles. The molecule has 1 saturated heterocycles. The van der Waals surface area contributed by atoms with Crippen LogP contribution >= 0.6 is 0 Å². The largest absolute Gasteiger partial charge is 0.390 e. The van der Waals surface area contributed by atoms with Crippen molar-refractivity contribution < 1.29 is 18.3 Å². The molecular formula is C18H30N4O4S. The lowest BCUT2D eigenvalue weighted by Gasteiger charge is -2.29. The second-order valence-electron chi connectivity index (χ2n) is 7.63. The number of β-amino-alcohol motifs (C(OH)–C–C–N with tert-alkyl or cyclic N) is 1. The second kappa shape index (κ2) is 9.09. The van der Waals surface area contributed by atoms with Crippen LogP contribution in [0.5, 0.6) is 0 Å². The molecule has 27 heavy (non-hydrogen) atoms. The van der Waals surface area contributed by atoms with Crippen molar-refractivity contribution in [3.8, 4) is 0 Å². The summed E-state index contributed by atoms with van der Waals surface area (Å²) >= 11 is 0. The fourth-order valence-electron chi connectivity index (χ4n) is 3.29. The molecule has 3 unspecified atom stereocenters. The van der Waals surface area contributed by atoms with E-state index in [2.05, 4.69) is 10.3 Å². The number of carbonyl (C=O) groups excluding carboxylic acids is 1. The highest BCUT2D eigenvalue weighted by Gasteiger charge is 2.37. The Bertz CT molecular complexity index is 726. The summed E-state index contributed by atoms with van der Waals surface area (Å²) in [7, 11) is -3.80. The van der Waals surface area contributed by atoms with E-state index in [1.54, 1.807) is 12.1 Å². The van der Waals surface area contributed by atoms with Gasteiger partial charge in [0.1, 0.15) is 0 Å². The molecule has 0 spiro atoms. The third-order valence-electron chi connectivity index (χ3n) is 4.87. The van der Waals surface area contributed by atoms with Crippen LogP contribution in [0.2, 0.25) is 0 Å². The van der Waals surface area contributed by atoms with E-state index >= 15 is 0 Å². The van der Waals surface area contributed by atoms with Crippen LogP contribution in [0.15, 0.2) is 29.4 Å². The zero-order valence-electron chi connectivity index (χ0n) is 16.1. The molecule has 1 amide bonds. The minimum absolute atomic E-state index is 0.0497. The molecule has 2 heterocycles. The molecule has 0 aromatic carbocycles. The minimum Gasteiger partial charge on any atom is -0.390 e. The zero-order valence-corrected chi connectivity index (χ0v) is 16.9. The summed E-state index contributed by atoms with van der Waals surface area (Å²) in [6.45, 7) is 6.00. The van der Waals surface area contributed by atoms with E-state index < -0.39 is 28.2 Å². The molecule has 1 aromatic rings. The van der Waals surface area contributed by atoms with Gasteiger partial charge in [0.25, 0.3) is 10.0 Å². The van der Waals surface area contributed by atoms with Gasteiger partial charge in [0, 0.05) is 19.3 Å². The van der Waals surface area contributed by atoms with Crippen molar-refractivity contribution in [1.29, 1.82) is 0 Å². The molecule has 0 saturated carbocycles. The number of nitrogens with zero attached hydrogens (tertiary/aromatic N) is 2. The summed E-state index contributed by atoms with van der Waals surface area (Å²) in [5.74, 6) is -0.138. The topological polar surface area (TPSA) is 126 Å². The normalized spacial score (nSPS) is 25.8. The standard InChI is InChI=1S/C18H30N4O4S/c1-12(2)10-14(19)18(24)21-17-13(3)7-9-22(11-15(17)23)27(25,26)16-6-4-5-8-20-16/h4-6,8,12-15,17,23H,7,9-11,19H2,1-3H3,(H,21,24)/t13?,14-,15?,17?/m0/s1. The monoisotopic (exact) mass is 398 g/mol. The highest BCUT2D eigenvalue weighted by atomic mass is 32.2. The first kappa shape index (κ1) is 21.7. The number of aliphatic hydroxyl groups excluding tert-OH is 1. The number of hydrogen-bond acceptors (Lipinski definition) is 6. The van der Waals surface area contributed by atoms with Crippen LogP contribution < -0.4 is 11.1 Å². The lowest BCUT2D eigenvalue weighted by atomic mass is 9.94. The van der Waals surface area contributed by atoms with E-state index in [0.29, 0.717) is 12.8 Å². The predicted molar refractivity (Wildman–Crippen MR) is 102 cm³/mol. The van der Waals surface area contributed by atoms with Gasteiger partial charge in [-0.2, -0.15) is 4.31 Å². The molecule has 9 heteroatoms. The number of sulfonamides is 1. The molecule has 8 nitrogen and oxygen atoms in total. The Kier molecular flexibility index (Phi) is 7.32. The van der Waals surface area contributed by atoms with Crippen molar-refractivity contribution in [3.63, 3.8) is 0 Å². The highest BCUT2D eigenvalue weighted by molar-refractivity contribution is 7.89. The molecular weight excluding hydrogens is 368 g/mol. The summed E-state index contributed by atoms with van der Waals surface area (Å²) in [6, 6.07) is 3.47. The Hall–Kier alpha value is -1.55. The van der Waals surface area contributed by atoms with E-state index in [1.165, 1.54) is 16.6 Å². The molecule has 4 N–H and O–H groups in total. The lowest BCUT2D eigenvalue weighted by molar-refractivity contribution is -0.124. The summed E-state index contributed by atoms with van der Waals surface area (Å²) in [5, 5.41) is 13.4. The predicted octanol–water partition coefficient (Wildman–Crippen LogP) is 0.331. The van der Waals surface area contributed by atoms with Crippen molar-refractivity contribution in [2.45, 2.75) is 56.8 Å². The number of nitrogens with two attached hydrogens (primary N) is 1. The van der Waals surface area contributed by atoms with Crippen molar-refractivity contribution in [1.82, 2.24) is 14.6 Å². The molecule has 1 fully saturated rings. The third kappa shape index (κ3) is 5.47. The van der Waals surface area contributed by atoms with Crippen molar-refractivity contribution in [2.75, 3.05) is 13.1 Å². The van der Waals surface area contributed by atoms with Gasteiger partial charge in [0.15, 0.2) is 5.03 Å². The Morgan fingerprint density at radius 2 is 2.15 bits per heavy atom. The molecule has 152 valence electrons. The Morgan fingerprint density at radius 1 is 1.44 bits per heavy atom. The first-order valence-electron chi connectivity index (χ1n) is 9.28. The second-order valence-corrected chi connectivity index (χ2v) is 9.52. The molecule has 4 atom stereocenters. The van der Waals surface area contributed by atoms with Crippen LogP contribution in [-0.2, 0) is 14.8 Å². The van der Waals surface area contributed by atoms with Gasteiger partial charge in [-0.1, -0.05) is 26.8 Å². The Balaban J connectivity index is 2.12. The number of nitrogens with one attached hydrogen (secondary N) is 1. The quantitative estimate of drug-likeness (QED) is 0.634. The highest BCUT2D eigenvalue weighted by Crippen LogP contribution is 2.23. The van der Waals surface area contributed by atoms with Crippen LogP contribution in [0.4, 0.5) is 0 Å². The maximum atomic E-state index is 12.8. The average molecular weight is 399 g/mol. The van der Waals surface area contributed by atoms with Crippen LogP contribution in [0.3, 0.4) is 0 Å². The average Bonchev–Trinajstić information content (AvgIpc) is 2.75.